The Morgan fingerprint density at radius 3 is 1.88 bits per heavy atom. The minimum Gasteiger partial charge on any atom is -0.392 e. The Morgan fingerprint density at radius 1 is 1.00 bits per heavy atom. The number of hydrogen-bond donors (Lipinski definition) is 1. The van der Waals surface area contributed by atoms with Crippen LogP contribution in [0.2, 0.25) is 5.02 Å². The highest BCUT2D eigenvalue weighted by molar-refractivity contribution is 6.31. The SMILES string of the molecule is OCc1cc(C(F)(F)F)cc(Cl)c1C(F)(F)F. The van der Waals surface area contributed by atoms with Crippen molar-refractivity contribution in [1.82, 2.24) is 0 Å². The fourth-order valence-corrected chi connectivity index (χ4v) is 1.62. The van der Waals surface area contributed by atoms with Crippen LogP contribution in [0.15, 0.2) is 12.1 Å². The second-order valence-electron chi connectivity index (χ2n) is 3.15. The Bertz CT molecular complexity index is 423. The van der Waals surface area contributed by atoms with E-state index >= 15 is 0 Å². The molecule has 0 aliphatic heterocycles. The fourth-order valence-electron chi connectivity index (χ4n) is 1.27. The highest BCUT2D eigenvalue weighted by atomic mass is 35.5. The highest BCUT2D eigenvalue weighted by Crippen LogP contribution is 2.41. The molecule has 0 aliphatic carbocycles. The minimum atomic E-state index is -4.92. The third kappa shape index (κ3) is 3.04. The van der Waals surface area contributed by atoms with E-state index in [1.54, 1.807) is 0 Å². The first-order valence-electron chi connectivity index (χ1n) is 4.15. The lowest BCUT2D eigenvalue weighted by Crippen LogP contribution is -2.13. The Labute approximate surface area is 96.6 Å². The van der Waals surface area contributed by atoms with Crippen molar-refractivity contribution in [3.8, 4) is 0 Å². The van der Waals surface area contributed by atoms with Gasteiger partial charge in [0.25, 0.3) is 0 Å². The van der Waals surface area contributed by atoms with Crippen LogP contribution in [-0.4, -0.2) is 5.11 Å². The van der Waals surface area contributed by atoms with Gasteiger partial charge in [0.05, 0.1) is 22.8 Å². The van der Waals surface area contributed by atoms with Gasteiger partial charge in [0.15, 0.2) is 0 Å². The molecule has 0 saturated carbocycles. The predicted molar refractivity (Wildman–Crippen MR) is 47.4 cm³/mol. The Morgan fingerprint density at radius 2 is 1.53 bits per heavy atom. The van der Waals surface area contributed by atoms with E-state index in [4.69, 9.17) is 16.7 Å². The zero-order chi connectivity index (χ0) is 13.4. The first-order chi connectivity index (χ1) is 7.57. The average Bonchev–Trinajstić information content (AvgIpc) is 2.12. The van der Waals surface area contributed by atoms with Crippen LogP contribution >= 0.6 is 11.6 Å². The summed E-state index contributed by atoms with van der Waals surface area (Å²) in [7, 11) is 0. The van der Waals surface area contributed by atoms with Gasteiger partial charge < -0.3 is 5.11 Å². The smallest absolute Gasteiger partial charge is 0.392 e. The van der Waals surface area contributed by atoms with Crippen molar-refractivity contribution in [3.63, 3.8) is 0 Å². The summed E-state index contributed by atoms with van der Waals surface area (Å²) in [5, 5.41) is 7.58. The van der Waals surface area contributed by atoms with Crippen LogP contribution in [0.4, 0.5) is 26.3 Å². The molecule has 0 aromatic heterocycles. The summed E-state index contributed by atoms with van der Waals surface area (Å²) in [6.45, 7) is -1.18. The average molecular weight is 279 g/mol. The molecule has 0 saturated heterocycles. The van der Waals surface area contributed by atoms with Gasteiger partial charge in [0, 0.05) is 0 Å². The summed E-state index contributed by atoms with van der Waals surface area (Å²) in [6.07, 6.45) is -9.74. The molecule has 0 amide bonds. The van der Waals surface area contributed by atoms with Crippen molar-refractivity contribution < 1.29 is 31.4 Å². The van der Waals surface area contributed by atoms with Crippen molar-refractivity contribution in [2.24, 2.45) is 0 Å². The summed E-state index contributed by atoms with van der Waals surface area (Å²) in [6, 6.07) is 0.415. The van der Waals surface area contributed by atoms with Crippen LogP contribution in [0.3, 0.4) is 0 Å². The monoisotopic (exact) mass is 278 g/mol. The molecule has 8 heteroatoms. The molecule has 1 rings (SSSR count). The van der Waals surface area contributed by atoms with Crippen LogP contribution < -0.4 is 0 Å². The zero-order valence-corrected chi connectivity index (χ0v) is 8.71. The molecule has 1 N–H and O–H groups in total. The van der Waals surface area contributed by atoms with Crippen molar-refractivity contribution in [2.45, 2.75) is 19.0 Å². The van der Waals surface area contributed by atoms with E-state index in [-0.39, 0.29) is 12.1 Å². The summed E-state index contributed by atoms with van der Waals surface area (Å²) in [5.74, 6) is 0. The second-order valence-corrected chi connectivity index (χ2v) is 3.55. The quantitative estimate of drug-likeness (QED) is 0.773. The third-order valence-electron chi connectivity index (χ3n) is 1.95. The lowest BCUT2D eigenvalue weighted by atomic mass is 10.0. The first-order valence-corrected chi connectivity index (χ1v) is 4.53. The minimum absolute atomic E-state index is 0.184. The number of aliphatic hydroxyl groups is 1. The molecule has 0 spiro atoms. The molecule has 0 unspecified atom stereocenters. The third-order valence-corrected chi connectivity index (χ3v) is 2.25. The maximum Gasteiger partial charge on any atom is 0.418 e. The molecular formula is C9H5ClF6O. The van der Waals surface area contributed by atoms with E-state index in [2.05, 4.69) is 0 Å². The molecule has 0 radical (unpaired) electrons. The molecule has 0 bridgehead atoms. The number of aliphatic hydroxyl groups excluding tert-OH is 1. The first kappa shape index (κ1) is 14.1. The number of halogens is 7. The number of alkyl halides is 6. The molecule has 0 fully saturated rings. The number of hydrogen-bond acceptors (Lipinski definition) is 1. The molecular weight excluding hydrogens is 274 g/mol. The Hall–Kier alpha value is -0.950. The highest BCUT2D eigenvalue weighted by Gasteiger charge is 2.39. The van der Waals surface area contributed by atoms with Crippen molar-refractivity contribution in [2.75, 3.05) is 0 Å². The van der Waals surface area contributed by atoms with Gasteiger partial charge in [-0.05, 0) is 17.7 Å². The lowest BCUT2D eigenvalue weighted by Gasteiger charge is -2.16. The molecule has 1 nitrogen and oxygen atoms in total. The van der Waals surface area contributed by atoms with Crippen molar-refractivity contribution in [3.05, 3.63) is 33.8 Å². The van der Waals surface area contributed by atoms with Gasteiger partial charge in [0.1, 0.15) is 0 Å². The van der Waals surface area contributed by atoms with E-state index in [0.717, 1.165) is 0 Å². The molecule has 17 heavy (non-hydrogen) atoms. The van der Waals surface area contributed by atoms with E-state index < -0.39 is 40.7 Å². The van der Waals surface area contributed by atoms with Crippen molar-refractivity contribution in [1.29, 1.82) is 0 Å². The van der Waals surface area contributed by atoms with Crippen LogP contribution in [0.25, 0.3) is 0 Å². The molecule has 0 aliphatic rings. The number of benzene rings is 1. The molecule has 0 heterocycles. The van der Waals surface area contributed by atoms with E-state index in [0.29, 0.717) is 0 Å². The van der Waals surface area contributed by atoms with Crippen LogP contribution in [0.5, 0.6) is 0 Å². The maximum absolute atomic E-state index is 12.4. The normalized spacial score (nSPS) is 12.9. The second kappa shape index (κ2) is 4.38. The van der Waals surface area contributed by atoms with Gasteiger partial charge in [-0.1, -0.05) is 11.6 Å². The van der Waals surface area contributed by atoms with Gasteiger partial charge in [0.2, 0.25) is 0 Å². The van der Waals surface area contributed by atoms with Crippen LogP contribution in [-0.2, 0) is 19.0 Å². The van der Waals surface area contributed by atoms with Gasteiger partial charge in [-0.3, -0.25) is 0 Å². The van der Waals surface area contributed by atoms with Crippen LogP contribution in [0, 0.1) is 0 Å². The standard InChI is InChI=1S/C9H5ClF6O/c10-6-2-5(8(11,12)13)1-4(3-17)7(6)9(14,15)16/h1-2,17H,3H2. The summed E-state index contributed by atoms with van der Waals surface area (Å²) in [4.78, 5) is 0. The summed E-state index contributed by atoms with van der Waals surface area (Å²) >= 11 is 5.17. The molecule has 1 aromatic rings. The van der Waals surface area contributed by atoms with Gasteiger partial charge in [-0.15, -0.1) is 0 Å². The van der Waals surface area contributed by atoms with E-state index in [1.165, 1.54) is 0 Å². The largest absolute Gasteiger partial charge is 0.418 e. The van der Waals surface area contributed by atoms with E-state index in [1.807, 2.05) is 0 Å². The molecule has 96 valence electrons. The maximum atomic E-state index is 12.4. The fraction of sp³-hybridized carbons (Fsp3) is 0.333. The van der Waals surface area contributed by atoms with Crippen molar-refractivity contribution >= 4 is 11.6 Å². The van der Waals surface area contributed by atoms with Gasteiger partial charge in [-0.2, -0.15) is 26.3 Å². The Kier molecular flexibility index (Phi) is 3.63. The summed E-state index contributed by atoms with van der Waals surface area (Å²) in [5.41, 5.74) is -3.69. The topological polar surface area (TPSA) is 20.2 Å². The van der Waals surface area contributed by atoms with Gasteiger partial charge in [-0.25, -0.2) is 0 Å². The van der Waals surface area contributed by atoms with Crippen LogP contribution in [0.1, 0.15) is 16.7 Å². The molecule has 1 aromatic carbocycles. The molecule has 0 atom stereocenters. The zero-order valence-electron chi connectivity index (χ0n) is 7.95. The van der Waals surface area contributed by atoms with Gasteiger partial charge >= 0.3 is 12.4 Å². The van der Waals surface area contributed by atoms with E-state index in [9.17, 15) is 26.3 Å². The predicted octanol–water partition coefficient (Wildman–Crippen LogP) is 3.87. The Balaban J connectivity index is 3.47. The lowest BCUT2D eigenvalue weighted by molar-refractivity contribution is -0.142. The summed E-state index contributed by atoms with van der Waals surface area (Å²) < 4.78 is 74.2. The number of rotatable bonds is 1.